The van der Waals surface area contributed by atoms with Crippen LogP contribution in [-0.4, -0.2) is 25.7 Å². The third-order valence-corrected chi connectivity index (χ3v) is 1.92. The van der Waals surface area contributed by atoms with Crippen molar-refractivity contribution < 1.29 is 9.90 Å². The number of carbonyl (C=O) groups is 1. The highest BCUT2D eigenvalue weighted by Crippen LogP contribution is 2.16. The molecule has 0 bridgehead atoms. The van der Waals surface area contributed by atoms with Crippen LogP contribution in [0.1, 0.15) is 10.4 Å². The van der Waals surface area contributed by atoms with E-state index >= 15 is 0 Å². The number of halogens is 1. The Morgan fingerprint density at radius 2 is 2.38 bits per heavy atom. The Balaban J connectivity index is 2.76. The van der Waals surface area contributed by atoms with Crippen LogP contribution in [-0.2, 0) is 0 Å². The molecule has 0 spiro atoms. The van der Waals surface area contributed by atoms with E-state index < -0.39 is 5.97 Å². The molecular weight excluding hydrogens is 194 g/mol. The number of fused-ring (bicyclic) bond motifs is 1. The summed E-state index contributed by atoms with van der Waals surface area (Å²) in [5, 5.41) is 16.2. The van der Waals surface area contributed by atoms with E-state index in [0.717, 1.165) is 0 Å². The first-order valence-electron chi connectivity index (χ1n) is 3.40. The van der Waals surface area contributed by atoms with E-state index in [9.17, 15) is 4.79 Å². The molecule has 0 aliphatic rings. The molecule has 0 radical (unpaired) electrons. The summed E-state index contributed by atoms with van der Waals surface area (Å²) >= 11 is 5.70. The summed E-state index contributed by atoms with van der Waals surface area (Å²) in [5.41, 5.74) is 0.490. The molecule has 0 unspecified atom stereocenters. The van der Waals surface area contributed by atoms with Crippen LogP contribution >= 0.6 is 11.6 Å². The summed E-state index contributed by atoms with van der Waals surface area (Å²) in [4.78, 5) is 10.6. The van der Waals surface area contributed by atoms with Gasteiger partial charge in [-0.25, -0.2) is 4.79 Å². The van der Waals surface area contributed by atoms with E-state index in [2.05, 4.69) is 10.2 Å². The van der Waals surface area contributed by atoms with Gasteiger partial charge < -0.3 is 5.11 Å². The van der Waals surface area contributed by atoms with Gasteiger partial charge in [-0.2, -0.15) is 0 Å². The van der Waals surface area contributed by atoms with Gasteiger partial charge >= 0.3 is 5.97 Å². The van der Waals surface area contributed by atoms with Crippen molar-refractivity contribution in [3.8, 4) is 0 Å². The lowest BCUT2D eigenvalue weighted by Gasteiger charge is -1.98. The van der Waals surface area contributed by atoms with Crippen molar-refractivity contribution in [2.45, 2.75) is 0 Å². The molecule has 0 fully saturated rings. The van der Waals surface area contributed by atoms with E-state index in [-0.39, 0.29) is 10.6 Å². The zero-order valence-electron chi connectivity index (χ0n) is 6.31. The van der Waals surface area contributed by atoms with Gasteiger partial charge in [-0.1, -0.05) is 11.6 Å². The summed E-state index contributed by atoms with van der Waals surface area (Å²) in [7, 11) is 0. The number of pyridine rings is 1. The number of hydrogen-bond acceptors (Lipinski definition) is 3. The first-order valence-corrected chi connectivity index (χ1v) is 3.78. The van der Waals surface area contributed by atoms with E-state index in [0.29, 0.717) is 5.65 Å². The second-order valence-corrected chi connectivity index (χ2v) is 2.84. The normalized spacial score (nSPS) is 10.5. The maximum absolute atomic E-state index is 10.6. The van der Waals surface area contributed by atoms with Gasteiger partial charge in [0.05, 0.1) is 10.6 Å². The molecule has 0 atom stereocenters. The highest BCUT2D eigenvalue weighted by Gasteiger charge is 2.10. The fourth-order valence-corrected chi connectivity index (χ4v) is 1.25. The first kappa shape index (κ1) is 8.00. The largest absolute Gasteiger partial charge is 0.478 e. The molecule has 0 saturated heterocycles. The molecule has 0 aliphatic carbocycles. The van der Waals surface area contributed by atoms with Crippen molar-refractivity contribution in [2.75, 3.05) is 0 Å². The first-order chi connectivity index (χ1) is 6.18. The van der Waals surface area contributed by atoms with Crippen LogP contribution in [0, 0.1) is 0 Å². The summed E-state index contributed by atoms with van der Waals surface area (Å²) < 4.78 is 1.55. The molecule has 66 valence electrons. The molecule has 2 rings (SSSR count). The molecule has 0 amide bonds. The van der Waals surface area contributed by atoms with Crippen LogP contribution in [0.15, 0.2) is 18.6 Å². The molecule has 2 heterocycles. The van der Waals surface area contributed by atoms with Gasteiger partial charge in [0, 0.05) is 6.20 Å². The average Bonchev–Trinajstić information content (AvgIpc) is 2.48. The Morgan fingerprint density at radius 1 is 1.62 bits per heavy atom. The van der Waals surface area contributed by atoms with Crippen LogP contribution in [0.25, 0.3) is 5.65 Å². The standard InChI is InChI=1S/C7H4ClN3O2/c8-5-2-11-3-9-10-6(11)1-4(5)7(12)13/h1-3H,(H,12,13). The summed E-state index contributed by atoms with van der Waals surface area (Å²) in [6.07, 6.45) is 2.91. The monoisotopic (exact) mass is 197 g/mol. The Kier molecular flexibility index (Phi) is 1.66. The van der Waals surface area contributed by atoms with Gasteiger partial charge in [0.15, 0.2) is 5.65 Å². The predicted octanol–water partition coefficient (Wildman–Crippen LogP) is 1.08. The number of aromatic carboxylic acids is 1. The minimum absolute atomic E-state index is 0.0298. The van der Waals surface area contributed by atoms with Crippen LogP contribution in [0.4, 0.5) is 0 Å². The number of carboxylic acids is 1. The molecule has 6 heteroatoms. The molecule has 0 saturated carbocycles. The topological polar surface area (TPSA) is 67.5 Å². The molecule has 0 aliphatic heterocycles. The number of rotatable bonds is 1. The van der Waals surface area contributed by atoms with E-state index in [1.807, 2.05) is 0 Å². The zero-order chi connectivity index (χ0) is 9.42. The maximum Gasteiger partial charge on any atom is 0.337 e. The van der Waals surface area contributed by atoms with Gasteiger partial charge in [0.1, 0.15) is 6.33 Å². The van der Waals surface area contributed by atoms with Crippen molar-refractivity contribution in [1.82, 2.24) is 14.6 Å². The number of hydrogen-bond donors (Lipinski definition) is 1. The van der Waals surface area contributed by atoms with Crippen LogP contribution in [0.2, 0.25) is 5.02 Å². The van der Waals surface area contributed by atoms with Gasteiger partial charge in [-0.3, -0.25) is 4.40 Å². The SMILES string of the molecule is O=C(O)c1cc2nncn2cc1Cl. The quantitative estimate of drug-likeness (QED) is 0.743. The van der Waals surface area contributed by atoms with Gasteiger partial charge in [0.25, 0.3) is 0 Å². The fraction of sp³-hybridized carbons (Fsp3) is 0. The van der Waals surface area contributed by atoms with Crippen molar-refractivity contribution >= 4 is 23.2 Å². The van der Waals surface area contributed by atoms with Gasteiger partial charge in [0.2, 0.25) is 0 Å². The highest BCUT2D eigenvalue weighted by molar-refractivity contribution is 6.33. The highest BCUT2D eigenvalue weighted by atomic mass is 35.5. The minimum atomic E-state index is -1.07. The van der Waals surface area contributed by atoms with Crippen LogP contribution in [0.5, 0.6) is 0 Å². The lowest BCUT2D eigenvalue weighted by Crippen LogP contribution is -1.99. The molecule has 5 nitrogen and oxygen atoms in total. The Labute approximate surface area is 77.6 Å². The van der Waals surface area contributed by atoms with Gasteiger partial charge in [-0.05, 0) is 6.07 Å². The lowest BCUT2D eigenvalue weighted by molar-refractivity contribution is 0.0697. The fourth-order valence-electron chi connectivity index (χ4n) is 1.01. The average molecular weight is 198 g/mol. The lowest BCUT2D eigenvalue weighted by atomic mass is 10.3. The van der Waals surface area contributed by atoms with Crippen LogP contribution < -0.4 is 0 Å². The second kappa shape index (κ2) is 2.70. The van der Waals surface area contributed by atoms with E-state index in [4.69, 9.17) is 16.7 Å². The third kappa shape index (κ3) is 1.23. The summed E-state index contributed by atoms with van der Waals surface area (Å²) in [6.45, 7) is 0. The Morgan fingerprint density at radius 3 is 3.08 bits per heavy atom. The number of carboxylic acid groups (broad SMARTS) is 1. The summed E-state index contributed by atoms with van der Waals surface area (Å²) in [6, 6.07) is 1.37. The van der Waals surface area contributed by atoms with E-state index in [1.165, 1.54) is 18.6 Å². The van der Waals surface area contributed by atoms with Crippen LogP contribution in [0.3, 0.4) is 0 Å². The van der Waals surface area contributed by atoms with E-state index in [1.54, 1.807) is 4.40 Å². The molecule has 1 N–H and O–H groups in total. The minimum Gasteiger partial charge on any atom is -0.478 e. The van der Waals surface area contributed by atoms with Crippen molar-refractivity contribution in [2.24, 2.45) is 0 Å². The molecule has 2 aromatic rings. The predicted molar refractivity (Wildman–Crippen MR) is 45.0 cm³/mol. The maximum atomic E-state index is 10.6. The van der Waals surface area contributed by atoms with Crippen molar-refractivity contribution in [3.63, 3.8) is 0 Å². The Hall–Kier alpha value is -1.62. The van der Waals surface area contributed by atoms with Crippen molar-refractivity contribution in [1.29, 1.82) is 0 Å². The second-order valence-electron chi connectivity index (χ2n) is 2.44. The zero-order valence-corrected chi connectivity index (χ0v) is 7.06. The third-order valence-electron chi connectivity index (χ3n) is 1.61. The molecule has 2 aromatic heterocycles. The molecule has 0 aromatic carbocycles. The Bertz CT molecular complexity index is 480. The number of nitrogens with zero attached hydrogens (tertiary/aromatic N) is 3. The molecular formula is C7H4ClN3O2. The smallest absolute Gasteiger partial charge is 0.337 e. The molecule has 13 heavy (non-hydrogen) atoms. The summed E-state index contributed by atoms with van der Waals surface area (Å²) in [5.74, 6) is -1.07. The van der Waals surface area contributed by atoms with Crippen molar-refractivity contribution in [3.05, 3.63) is 29.2 Å². The number of aromatic nitrogens is 3. The van der Waals surface area contributed by atoms with Gasteiger partial charge in [-0.15, -0.1) is 10.2 Å².